The van der Waals surface area contributed by atoms with Crippen molar-refractivity contribution in [1.29, 1.82) is 0 Å². The second-order valence-electron chi connectivity index (χ2n) is 5.17. The molecule has 110 valence electrons. The van der Waals surface area contributed by atoms with Gasteiger partial charge in [0.15, 0.2) is 0 Å². The maximum atomic E-state index is 13.1. The third kappa shape index (κ3) is 2.60. The molecule has 6 heteroatoms. The van der Waals surface area contributed by atoms with Gasteiger partial charge in [0, 0.05) is 13.6 Å². The van der Waals surface area contributed by atoms with E-state index in [9.17, 15) is 9.18 Å². The van der Waals surface area contributed by atoms with Crippen molar-refractivity contribution in [3.63, 3.8) is 0 Å². The number of carbonyl (C=O) groups excluding carboxylic acids is 1. The molecule has 2 heterocycles. The molecule has 0 N–H and O–H groups in total. The predicted octanol–water partition coefficient (Wildman–Crippen LogP) is 3.30. The zero-order valence-corrected chi connectivity index (χ0v) is 13.2. The molecule has 1 amide bonds. The number of halogens is 2. The van der Waals surface area contributed by atoms with Crippen LogP contribution in [0, 0.1) is 5.82 Å². The van der Waals surface area contributed by atoms with Crippen molar-refractivity contribution >= 4 is 21.8 Å². The highest BCUT2D eigenvalue weighted by Gasteiger charge is 2.32. The van der Waals surface area contributed by atoms with Gasteiger partial charge in [-0.2, -0.15) is 5.10 Å². The zero-order valence-electron chi connectivity index (χ0n) is 11.6. The molecule has 1 aromatic carbocycles. The first kappa shape index (κ1) is 14.3. The SMILES string of the molecule is Cn1ncc(Br)c1C(=O)N1CCC[C@H]1c1ccc(F)cc1. The van der Waals surface area contributed by atoms with E-state index in [1.807, 2.05) is 4.90 Å². The van der Waals surface area contributed by atoms with Crippen LogP contribution in [0.4, 0.5) is 4.39 Å². The summed E-state index contributed by atoms with van der Waals surface area (Å²) in [6.07, 6.45) is 3.46. The van der Waals surface area contributed by atoms with Gasteiger partial charge in [0.05, 0.1) is 16.7 Å². The van der Waals surface area contributed by atoms with Crippen molar-refractivity contribution in [3.8, 4) is 0 Å². The standard InChI is InChI=1S/C15H15BrFN3O/c1-19-14(12(16)9-18-19)15(21)20-8-2-3-13(20)10-4-6-11(17)7-5-10/h4-7,9,13H,2-3,8H2,1H3/t13-/m0/s1. The number of rotatable bonds is 2. The maximum Gasteiger partial charge on any atom is 0.273 e. The summed E-state index contributed by atoms with van der Waals surface area (Å²) >= 11 is 3.37. The summed E-state index contributed by atoms with van der Waals surface area (Å²) in [6.45, 7) is 0.707. The first-order valence-corrected chi connectivity index (χ1v) is 7.61. The van der Waals surface area contributed by atoms with E-state index >= 15 is 0 Å². The number of likely N-dealkylation sites (tertiary alicyclic amines) is 1. The number of amides is 1. The van der Waals surface area contributed by atoms with E-state index in [0.717, 1.165) is 18.4 Å². The van der Waals surface area contributed by atoms with Gasteiger partial charge < -0.3 is 4.90 Å². The van der Waals surface area contributed by atoms with Crippen molar-refractivity contribution in [2.75, 3.05) is 6.54 Å². The minimum absolute atomic E-state index is 0.0000926. The van der Waals surface area contributed by atoms with Gasteiger partial charge in [0.25, 0.3) is 5.91 Å². The molecule has 1 aliphatic heterocycles. The molecule has 1 aliphatic rings. The second-order valence-corrected chi connectivity index (χ2v) is 6.03. The van der Waals surface area contributed by atoms with Crippen LogP contribution in [0.1, 0.15) is 34.9 Å². The smallest absolute Gasteiger partial charge is 0.273 e. The molecule has 1 aromatic heterocycles. The Kier molecular flexibility index (Phi) is 3.80. The van der Waals surface area contributed by atoms with E-state index in [2.05, 4.69) is 21.0 Å². The molecule has 1 atom stereocenters. The minimum Gasteiger partial charge on any atom is -0.330 e. The summed E-state index contributed by atoms with van der Waals surface area (Å²) in [4.78, 5) is 14.6. The quantitative estimate of drug-likeness (QED) is 0.832. The van der Waals surface area contributed by atoms with Crippen LogP contribution >= 0.6 is 15.9 Å². The van der Waals surface area contributed by atoms with E-state index < -0.39 is 0 Å². The van der Waals surface area contributed by atoms with Gasteiger partial charge in [0.2, 0.25) is 0 Å². The van der Waals surface area contributed by atoms with Gasteiger partial charge in [-0.25, -0.2) is 4.39 Å². The average Bonchev–Trinajstić information content (AvgIpc) is 3.07. The molecule has 4 nitrogen and oxygen atoms in total. The van der Waals surface area contributed by atoms with Crippen molar-refractivity contribution < 1.29 is 9.18 Å². The molecule has 1 saturated heterocycles. The molecule has 3 rings (SSSR count). The van der Waals surface area contributed by atoms with E-state index in [1.54, 1.807) is 30.1 Å². The lowest BCUT2D eigenvalue weighted by atomic mass is 10.0. The Balaban J connectivity index is 1.90. The molecular weight excluding hydrogens is 337 g/mol. The fourth-order valence-electron chi connectivity index (χ4n) is 2.83. The summed E-state index contributed by atoms with van der Waals surface area (Å²) in [5, 5.41) is 4.09. The predicted molar refractivity (Wildman–Crippen MR) is 80.3 cm³/mol. The van der Waals surface area contributed by atoms with Crippen LogP contribution in [0.15, 0.2) is 34.9 Å². The maximum absolute atomic E-state index is 13.1. The molecule has 0 radical (unpaired) electrons. The first-order chi connectivity index (χ1) is 10.1. The molecule has 21 heavy (non-hydrogen) atoms. The molecule has 0 spiro atoms. The van der Waals surface area contributed by atoms with Gasteiger partial charge in [-0.3, -0.25) is 9.48 Å². The summed E-state index contributed by atoms with van der Waals surface area (Å²) in [5.41, 5.74) is 1.52. The molecular formula is C15H15BrFN3O. The van der Waals surface area contributed by atoms with E-state index in [1.165, 1.54) is 12.1 Å². The van der Waals surface area contributed by atoms with Crippen molar-refractivity contribution in [3.05, 3.63) is 52.0 Å². The lowest BCUT2D eigenvalue weighted by Crippen LogP contribution is -2.32. The topological polar surface area (TPSA) is 38.1 Å². The van der Waals surface area contributed by atoms with Crippen molar-refractivity contribution in [1.82, 2.24) is 14.7 Å². The number of carbonyl (C=O) groups is 1. The Morgan fingerprint density at radius 2 is 2.10 bits per heavy atom. The van der Waals surface area contributed by atoms with Crippen LogP contribution in [-0.2, 0) is 7.05 Å². The highest BCUT2D eigenvalue weighted by atomic mass is 79.9. The number of benzene rings is 1. The lowest BCUT2D eigenvalue weighted by molar-refractivity contribution is 0.0723. The van der Waals surface area contributed by atoms with Crippen LogP contribution in [0.3, 0.4) is 0 Å². The van der Waals surface area contributed by atoms with Crippen LogP contribution < -0.4 is 0 Å². The van der Waals surface area contributed by atoms with Crippen molar-refractivity contribution in [2.45, 2.75) is 18.9 Å². The first-order valence-electron chi connectivity index (χ1n) is 6.82. The zero-order chi connectivity index (χ0) is 15.0. The molecule has 0 aliphatic carbocycles. The van der Waals surface area contributed by atoms with Crippen LogP contribution in [0.25, 0.3) is 0 Å². The van der Waals surface area contributed by atoms with E-state index in [4.69, 9.17) is 0 Å². The molecule has 0 unspecified atom stereocenters. The summed E-state index contributed by atoms with van der Waals surface area (Å²) in [6, 6.07) is 6.39. The van der Waals surface area contributed by atoms with Gasteiger partial charge in [-0.15, -0.1) is 0 Å². The minimum atomic E-state index is -0.260. The van der Waals surface area contributed by atoms with Crippen LogP contribution in [-0.4, -0.2) is 27.1 Å². The Labute approximate surface area is 130 Å². The van der Waals surface area contributed by atoms with Gasteiger partial charge >= 0.3 is 0 Å². The Hall–Kier alpha value is -1.69. The van der Waals surface area contributed by atoms with E-state index in [0.29, 0.717) is 16.7 Å². The third-order valence-corrected chi connectivity index (χ3v) is 4.45. The molecule has 2 aromatic rings. The second kappa shape index (κ2) is 5.60. The van der Waals surface area contributed by atoms with Crippen LogP contribution in [0.2, 0.25) is 0 Å². The normalized spacial score (nSPS) is 18.2. The summed E-state index contributed by atoms with van der Waals surface area (Å²) in [7, 11) is 1.75. The highest BCUT2D eigenvalue weighted by molar-refractivity contribution is 9.10. The Morgan fingerprint density at radius 3 is 2.71 bits per heavy atom. The summed E-state index contributed by atoms with van der Waals surface area (Å²) < 4.78 is 15.3. The molecule has 0 saturated carbocycles. The lowest BCUT2D eigenvalue weighted by Gasteiger charge is -2.25. The summed E-state index contributed by atoms with van der Waals surface area (Å²) in [5.74, 6) is -0.308. The van der Waals surface area contributed by atoms with Gasteiger partial charge in [-0.05, 0) is 46.5 Å². The fraction of sp³-hybridized carbons (Fsp3) is 0.333. The number of hydrogen-bond acceptors (Lipinski definition) is 2. The average molecular weight is 352 g/mol. The van der Waals surface area contributed by atoms with Crippen molar-refractivity contribution in [2.24, 2.45) is 7.05 Å². The number of nitrogens with zero attached hydrogens (tertiary/aromatic N) is 3. The van der Waals surface area contributed by atoms with Gasteiger partial charge in [-0.1, -0.05) is 12.1 Å². The monoisotopic (exact) mass is 351 g/mol. The van der Waals surface area contributed by atoms with Gasteiger partial charge in [0.1, 0.15) is 11.5 Å². The number of hydrogen-bond donors (Lipinski definition) is 0. The number of aromatic nitrogens is 2. The Bertz CT molecular complexity index is 649. The Morgan fingerprint density at radius 1 is 1.38 bits per heavy atom. The number of aryl methyl sites for hydroxylation is 1. The highest BCUT2D eigenvalue weighted by Crippen LogP contribution is 2.34. The molecule has 0 bridgehead atoms. The molecule has 1 fully saturated rings. The van der Waals surface area contributed by atoms with Crippen LogP contribution in [0.5, 0.6) is 0 Å². The van der Waals surface area contributed by atoms with E-state index in [-0.39, 0.29) is 17.8 Å². The fourth-order valence-corrected chi connectivity index (χ4v) is 3.35. The third-order valence-electron chi connectivity index (χ3n) is 3.87. The largest absolute Gasteiger partial charge is 0.330 e.